The number of aryl methyl sites for hydroxylation is 1. The molecule has 16 heavy (non-hydrogen) atoms. The zero-order valence-corrected chi connectivity index (χ0v) is 10.4. The van der Waals surface area contributed by atoms with Crippen LogP contribution in [0.25, 0.3) is 0 Å². The maximum Gasteiger partial charge on any atom is 0.120 e. The third-order valence-corrected chi connectivity index (χ3v) is 2.70. The van der Waals surface area contributed by atoms with Gasteiger partial charge in [-0.1, -0.05) is 22.0 Å². The van der Waals surface area contributed by atoms with Crippen LogP contribution in [0.15, 0.2) is 41.3 Å². The van der Waals surface area contributed by atoms with Crippen LogP contribution in [0.2, 0.25) is 0 Å². The molecule has 1 aromatic heterocycles. The summed E-state index contributed by atoms with van der Waals surface area (Å²) in [5.41, 5.74) is 1.15. The highest BCUT2D eigenvalue weighted by molar-refractivity contribution is 9.10. The van der Waals surface area contributed by atoms with Gasteiger partial charge in [-0.2, -0.15) is 0 Å². The molecule has 0 bridgehead atoms. The highest BCUT2D eigenvalue weighted by Crippen LogP contribution is 2.17. The first-order valence-corrected chi connectivity index (χ1v) is 5.99. The number of nitrogens with zero attached hydrogens (tertiary/aromatic N) is 1. The minimum absolute atomic E-state index is 0.718. The van der Waals surface area contributed by atoms with Gasteiger partial charge in [0, 0.05) is 16.4 Å². The lowest BCUT2D eigenvalue weighted by Gasteiger charge is -2.05. The maximum atomic E-state index is 5.62. The molecule has 0 radical (unpaired) electrons. The fourth-order valence-corrected chi connectivity index (χ4v) is 1.81. The van der Waals surface area contributed by atoms with Gasteiger partial charge in [0.1, 0.15) is 5.75 Å². The molecule has 4 heteroatoms. The topological polar surface area (TPSA) is 37.9 Å². The van der Waals surface area contributed by atoms with Crippen molar-refractivity contribution in [1.82, 2.24) is 9.97 Å². The molecule has 0 aliphatic heterocycles. The first-order valence-electron chi connectivity index (χ1n) is 5.20. The Morgan fingerprint density at radius 1 is 1.38 bits per heavy atom. The van der Waals surface area contributed by atoms with E-state index in [2.05, 4.69) is 25.9 Å². The van der Waals surface area contributed by atoms with Gasteiger partial charge in [-0.15, -0.1) is 0 Å². The van der Waals surface area contributed by atoms with Crippen LogP contribution in [-0.4, -0.2) is 16.6 Å². The van der Waals surface area contributed by atoms with Crippen LogP contribution in [0.5, 0.6) is 5.75 Å². The molecule has 0 fully saturated rings. The first-order chi connectivity index (χ1) is 7.84. The minimum atomic E-state index is 0.718. The second-order valence-corrected chi connectivity index (χ2v) is 4.40. The van der Waals surface area contributed by atoms with Gasteiger partial charge in [0.15, 0.2) is 0 Å². The Morgan fingerprint density at radius 3 is 3.06 bits per heavy atom. The quantitative estimate of drug-likeness (QED) is 0.855. The van der Waals surface area contributed by atoms with Crippen molar-refractivity contribution in [3.8, 4) is 5.75 Å². The number of nitrogens with one attached hydrogen (secondary N) is 1. The number of benzene rings is 1. The average molecular weight is 281 g/mol. The number of aromatic amines is 1. The monoisotopic (exact) mass is 280 g/mol. The van der Waals surface area contributed by atoms with E-state index in [1.165, 1.54) is 0 Å². The number of halogens is 1. The van der Waals surface area contributed by atoms with Gasteiger partial charge >= 0.3 is 0 Å². The zero-order valence-electron chi connectivity index (χ0n) is 8.82. The van der Waals surface area contributed by atoms with Crippen molar-refractivity contribution in [2.45, 2.75) is 12.8 Å². The molecule has 0 spiro atoms. The molecule has 0 aliphatic carbocycles. The summed E-state index contributed by atoms with van der Waals surface area (Å²) < 4.78 is 6.66. The third kappa shape index (κ3) is 3.38. The van der Waals surface area contributed by atoms with E-state index in [1.807, 2.05) is 30.5 Å². The molecule has 1 heterocycles. The summed E-state index contributed by atoms with van der Waals surface area (Å²) >= 11 is 3.41. The van der Waals surface area contributed by atoms with Crippen molar-refractivity contribution >= 4 is 15.9 Å². The van der Waals surface area contributed by atoms with Crippen LogP contribution in [0.3, 0.4) is 0 Å². The van der Waals surface area contributed by atoms with Crippen LogP contribution >= 0.6 is 15.9 Å². The van der Waals surface area contributed by atoms with Crippen molar-refractivity contribution in [3.63, 3.8) is 0 Å². The number of rotatable bonds is 5. The van der Waals surface area contributed by atoms with Gasteiger partial charge in [0.05, 0.1) is 12.9 Å². The molecule has 0 saturated carbocycles. The molecular formula is C12H13BrN2O. The summed E-state index contributed by atoms with van der Waals surface area (Å²) in [6.07, 6.45) is 5.49. The zero-order chi connectivity index (χ0) is 11.2. The average Bonchev–Trinajstić information content (AvgIpc) is 2.77. The number of ether oxygens (including phenoxy) is 1. The van der Waals surface area contributed by atoms with Gasteiger partial charge in [0.25, 0.3) is 0 Å². The lowest BCUT2D eigenvalue weighted by atomic mass is 10.2. The van der Waals surface area contributed by atoms with Crippen molar-refractivity contribution in [3.05, 3.63) is 47.0 Å². The number of imidazole rings is 1. The molecule has 0 unspecified atom stereocenters. The molecule has 1 N–H and O–H groups in total. The summed E-state index contributed by atoms with van der Waals surface area (Å²) in [4.78, 5) is 7.04. The predicted molar refractivity (Wildman–Crippen MR) is 66.5 cm³/mol. The lowest BCUT2D eigenvalue weighted by Crippen LogP contribution is -1.99. The van der Waals surface area contributed by atoms with Crippen molar-refractivity contribution < 1.29 is 4.74 Å². The lowest BCUT2D eigenvalue weighted by molar-refractivity contribution is 0.310. The van der Waals surface area contributed by atoms with Gasteiger partial charge in [-0.3, -0.25) is 0 Å². The van der Waals surface area contributed by atoms with E-state index in [-0.39, 0.29) is 0 Å². The molecule has 2 aromatic rings. The molecule has 0 saturated heterocycles. The highest BCUT2D eigenvalue weighted by Gasteiger charge is 1.96. The summed E-state index contributed by atoms with van der Waals surface area (Å²) in [5, 5.41) is 0. The van der Waals surface area contributed by atoms with Crippen LogP contribution in [-0.2, 0) is 6.42 Å². The minimum Gasteiger partial charge on any atom is -0.494 e. The Morgan fingerprint density at radius 2 is 2.31 bits per heavy atom. The predicted octanol–water partition coefficient (Wildman–Crippen LogP) is 3.18. The van der Waals surface area contributed by atoms with Crippen LogP contribution < -0.4 is 4.74 Å². The van der Waals surface area contributed by atoms with Gasteiger partial charge in [0.2, 0.25) is 0 Å². The fraction of sp³-hybridized carbons (Fsp3) is 0.250. The Labute approximate surface area is 103 Å². The molecule has 0 amide bonds. The summed E-state index contributed by atoms with van der Waals surface area (Å²) in [7, 11) is 0. The number of hydrogen-bond donors (Lipinski definition) is 1. The fourth-order valence-electron chi connectivity index (χ4n) is 1.43. The van der Waals surface area contributed by atoms with Crippen molar-refractivity contribution in [1.29, 1.82) is 0 Å². The molecule has 3 nitrogen and oxygen atoms in total. The number of H-pyrrole nitrogens is 1. The normalized spacial score (nSPS) is 10.3. The molecular weight excluding hydrogens is 268 g/mol. The van der Waals surface area contributed by atoms with Gasteiger partial charge < -0.3 is 9.72 Å². The van der Waals surface area contributed by atoms with E-state index in [1.54, 1.807) is 6.33 Å². The second-order valence-electron chi connectivity index (χ2n) is 3.49. The Bertz CT molecular complexity index is 428. The standard InChI is InChI=1S/C12H13BrN2O/c13-10-3-1-5-12(7-10)16-6-2-4-11-8-14-9-15-11/h1,3,5,7-9H,2,4,6H2,(H,14,15). The summed E-state index contributed by atoms with van der Waals surface area (Å²) in [6.45, 7) is 0.718. The molecule has 84 valence electrons. The Hall–Kier alpha value is -1.29. The molecule has 1 aromatic carbocycles. The second kappa shape index (κ2) is 5.70. The van der Waals surface area contributed by atoms with E-state index in [0.29, 0.717) is 0 Å². The van der Waals surface area contributed by atoms with E-state index in [9.17, 15) is 0 Å². The molecule has 0 atom stereocenters. The van der Waals surface area contributed by atoms with Crippen molar-refractivity contribution in [2.75, 3.05) is 6.61 Å². The summed E-state index contributed by atoms with van der Waals surface area (Å²) in [5.74, 6) is 0.902. The van der Waals surface area contributed by atoms with E-state index in [4.69, 9.17) is 4.74 Å². The summed E-state index contributed by atoms with van der Waals surface area (Å²) in [6, 6.07) is 7.88. The SMILES string of the molecule is Brc1cccc(OCCCc2cnc[nH]2)c1. The maximum absolute atomic E-state index is 5.62. The van der Waals surface area contributed by atoms with Gasteiger partial charge in [-0.05, 0) is 31.0 Å². The number of aromatic nitrogens is 2. The molecule has 0 aliphatic rings. The van der Waals surface area contributed by atoms with Gasteiger partial charge in [-0.25, -0.2) is 4.98 Å². The van der Waals surface area contributed by atoms with E-state index < -0.39 is 0 Å². The van der Waals surface area contributed by atoms with Crippen LogP contribution in [0.4, 0.5) is 0 Å². The van der Waals surface area contributed by atoms with E-state index >= 15 is 0 Å². The first kappa shape index (κ1) is 11.2. The molecule has 2 rings (SSSR count). The van der Waals surface area contributed by atoms with Crippen LogP contribution in [0.1, 0.15) is 12.1 Å². The smallest absolute Gasteiger partial charge is 0.120 e. The number of hydrogen-bond acceptors (Lipinski definition) is 2. The largest absolute Gasteiger partial charge is 0.494 e. The highest BCUT2D eigenvalue weighted by atomic mass is 79.9. The van der Waals surface area contributed by atoms with E-state index in [0.717, 1.165) is 35.4 Å². The van der Waals surface area contributed by atoms with Crippen molar-refractivity contribution in [2.24, 2.45) is 0 Å². The Balaban J connectivity index is 1.72. The van der Waals surface area contributed by atoms with Crippen LogP contribution in [0, 0.1) is 0 Å². The Kier molecular flexibility index (Phi) is 3.99. The third-order valence-electron chi connectivity index (χ3n) is 2.21.